The number of hydrogen-bond donors (Lipinski definition) is 2. The standard InChI is InChI=1S/C8H7NO3.C2H4O2/c9-8(10)5-1-2-6-7(3-5)12-4-11-6;1-2(3)4/h1-3H,4H2,(H2,9,10);1H3,(H,3,4). The summed E-state index contributed by atoms with van der Waals surface area (Å²) < 4.78 is 10.1. The zero-order valence-electron chi connectivity index (χ0n) is 8.60. The van der Waals surface area contributed by atoms with Gasteiger partial charge in [-0.1, -0.05) is 0 Å². The van der Waals surface area contributed by atoms with Crippen molar-refractivity contribution in [3.8, 4) is 11.5 Å². The van der Waals surface area contributed by atoms with Gasteiger partial charge in [-0.15, -0.1) is 0 Å². The zero-order valence-corrected chi connectivity index (χ0v) is 8.60. The van der Waals surface area contributed by atoms with E-state index in [0.717, 1.165) is 6.92 Å². The maximum Gasteiger partial charge on any atom is 0.300 e. The second kappa shape index (κ2) is 5.01. The van der Waals surface area contributed by atoms with Gasteiger partial charge in [0.2, 0.25) is 12.7 Å². The van der Waals surface area contributed by atoms with Crippen LogP contribution in [-0.4, -0.2) is 23.8 Å². The molecule has 6 heteroatoms. The molecule has 1 amide bonds. The lowest BCUT2D eigenvalue weighted by molar-refractivity contribution is -0.134. The van der Waals surface area contributed by atoms with Crippen LogP contribution in [-0.2, 0) is 4.79 Å². The van der Waals surface area contributed by atoms with Crippen molar-refractivity contribution in [1.29, 1.82) is 0 Å². The third kappa shape index (κ3) is 3.16. The molecule has 1 heterocycles. The number of carbonyl (C=O) groups is 2. The van der Waals surface area contributed by atoms with Crippen molar-refractivity contribution < 1.29 is 24.2 Å². The van der Waals surface area contributed by atoms with Gasteiger partial charge in [-0.2, -0.15) is 0 Å². The van der Waals surface area contributed by atoms with Crippen LogP contribution in [0.4, 0.5) is 0 Å². The van der Waals surface area contributed by atoms with Gasteiger partial charge >= 0.3 is 0 Å². The lowest BCUT2D eigenvalue weighted by atomic mass is 10.2. The number of fused-ring (bicyclic) bond motifs is 1. The van der Waals surface area contributed by atoms with Crippen LogP contribution in [0.2, 0.25) is 0 Å². The number of ether oxygens (including phenoxy) is 2. The second-order valence-corrected chi connectivity index (χ2v) is 2.95. The Kier molecular flexibility index (Phi) is 3.71. The average molecular weight is 225 g/mol. The summed E-state index contributed by atoms with van der Waals surface area (Å²) in [6, 6.07) is 4.85. The molecule has 1 aromatic rings. The molecule has 86 valence electrons. The Morgan fingerprint density at radius 1 is 1.31 bits per heavy atom. The monoisotopic (exact) mass is 225 g/mol. The van der Waals surface area contributed by atoms with Crippen LogP contribution in [0.5, 0.6) is 11.5 Å². The van der Waals surface area contributed by atoms with Crippen molar-refractivity contribution in [3.05, 3.63) is 23.8 Å². The van der Waals surface area contributed by atoms with Gasteiger partial charge in [-0.3, -0.25) is 9.59 Å². The summed E-state index contributed by atoms with van der Waals surface area (Å²) in [6.07, 6.45) is 0. The molecular weight excluding hydrogens is 214 g/mol. The molecule has 0 radical (unpaired) electrons. The number of amides is 1. The average Bonchev–Trinajstić information content (AvgIpc) is 2.62. The fraction of sp³-hybridized carbons (Fsp3) is 0.200. The minimum Gasteiger partial charge on any atom is -0.481 e. The Balaban J connectivity index is 0.000000280. The Morgan fingerprint density at radius 3 is 2.44 bits per heavy atom. The topological polar surface area (TPSA) is 98.8 Å². The summed E-state index contributed by atoms with van der Waals surface area (Å²) >= 11 is 0. The van der Waals surface area contributed by atoms with Gasteiger partial charge in [0.1, 0.15) is 0 Å². The van der Waals surface area contributed by atoms with Crippen molar-refractivity contribution >= 4 is 11.9 Å². The Hall–Kier alpha value is -2.24. The molecule has 0 saturated heterocycles. The van der Waals surface area contributed by atoms with E-state index in [4.69, 9.17) is 25.1 Å². The predicted octanol–water partition coefficient (Wildman–Crippen LogP) is 0.605. The summed E-state index contributed by atoms with van der Waals surface area (Å²) in [5.74, 6) is -0.0698. The Labute approximate surface area is 91.6 Å². The van der Waals surface area contributed by atoms with E-state index in [1.165, 1.54) is 0 Å². The summed E-state index contributed by atoms with van der Waals surface area (Å²) in [5.41, 5.74) is 5.50. The molecule has 0 fully saturated rings. The van der Waals surface area contributed by atoms with Crippen LogP contribution in [0.1, 0.15) is 17.3 Å². The van der Waals surface area contributed by atoms with Gasteiger partial charge in [0.05, 0.1) is 0 Å². The number of nitrogens with two attached hydrogens (primary N) is 1. The van der Waals surface area contributed by atoms with Gasteiger partial charge in [0.25, 0.3) is 5.97 Å². The number of hydrogen-bond acceptors (Lipinski definition) is 4. The van der Waals surface area contributed by atoms with E-state index in [0.29, 0.717) is 17.1 Å². The smallest absolute Gasteiger partial charge is 0.300 e. The fourth-order valence-corrected chi connectivity index (χ4v) is 1.05. The second-order valence-electron chi connectivity index (χ2n) is 2.95. The van der Waals surface area contributed by atoms with Gasteiger partial charge in [0, 0.05) is 12.5 Å². The van der Waals surface area contributed by atoms with Crippen molar-refractivity contribution in [2.45, 2.75) is 6.92 Å². The Bertz CT molecular complexity index is 412. The molecule has 0 saturated carbocycles. The first-order valence-electron chi connectivity index (χ1n) is 4.39. The van der Waals surface area contributed by atoms with Gasteiger partial charge in [-0.25, -0.2) is 0 Å². The molecule has 0 aliphatic carbocycles. The number of aliphatic carboxylic acids is 1. The maximum absolute atomic E-state index is 10.7. The highest BCUT2D eigenvalue weighted by atomic mass is 16.7. The summed E-state index contributed by atoms with van der Waals surface area (Å²) in [7, 11) is 0. The molecule has 1 aliphatic rings. The number of carboxylic acids is 1. The van der Waals surface area contributed by atoms with Gasteiger partial charge < -0.3 is 20.3 Å². The highest BCUT2D eigenvalue weighted by Crippen LogP contribution is 2.32. The normalized spacial score (nSPS) is 11.3. The molecule has 16 heavy (non-hydrogen) atoms. The highest BCUT2D eigenvalue weighted by Gasteiger charge is 2.14. The molecule has 0 spiro atoms. The fourth-order valence-electron chi connectivity index (χ4n) is 1.05. The van der Waals surface area contributed by atoms with E-state index in [-0.39, 0.29) is 6.79 Å². The van der Waals surface area contributed by atoms with Crippen LogP contribution >= 0.6 is 0 Å². The summed E-state index contributed by atoms with van der Waals surface area (Å²) in [5, 5.41) is 7.42. The third-order valence-electron chi connectivity index (χ3n) is 1.66. The van der Waals surface area contributed by atoms with E-state index >= 15 is 0 Å². The SMILES string of the molecule is CC(=O)O.NC(=O)c1ccc2c(c1)OCO2. The minimum atomic E-state index is -0.833. The number of rotatable bonds is 1. The summed E-state index contributed by atoms with van der Waals surface area (Å²) in [6.45, 7) is 1.29. The van der Waals surface area contributed by atoms with E-state index in [2.05, 4.69) is 0 Å². The molecule has 3 N–H and O–H groups in total. The number of primary amides is 1. The molecule has 0 atom stereocenters. The van der Waals surface area contributed by atoms with Gasteiger partial charge in [-0.05, 0) is 18.2 Å². The highest BCUT2D eigenvalue weighted by molar-refractivity contribution is 5.93. The molecule has 6 nitrogen and oxygen atoms in total. The molecular formula is C10H11NO5. The van der Waals surface area contributed by atoms with Crippen LogP contribution < -0.4 is 15.2 Å². The van der Waals surface area contributed by atoms with Crippen molar-refractivity contribution in [3.63, 3.8) is 0 Å². The molecule has 2 rings (SSSR count). The Morgan fingerprint density at radius 2 is 1.88 bits per heavy atom. The summed E-state index contributed by atoms with van der Waals surface area (Å²) in [4.78, 5) is 19.7. The van der Waals surface area contributed by atoms with Crippen LogP contribution in [0.25, 0.3) is 0 Å². The largest absolute Gasteiger partial charge is 0.481 e. The molecule has 0 aromatic heterocycles. The first-order chi connectivity index (χ1) is 7.50. The third-order valence-corrected chi connectivity index (χ3v) is 1.66. The lowest BCUT2D eigenvalue weighted by Crippen LogP contribution is -2.10. The van der Waals surface area contributed by atoms with Crippen LogP contribution in [0, 0.1) is 0 Å². The first kappa shape index (κ1) is 11.8. The first-order valence-corrected chi connectivity index (χ1v) is 4.39. The van der Waals surface area contributed by atoms with E-state index in [1.54, 1.807) is 18.2 Å². The van der Waals surface area contributed by atoms with E-state index in [1.807, 2.05) is 0 Å². The zero-order chi connectivity index (χ0) is 12.1. The number of carboxylic acid groups (broad SMARTS) is 1. The number of carbonyl (C=O) groups excluding carboxylic acids is 1. The predicted molar refractivity (Wildman–Crippen MR) is 54.4 cm³/mol. The molecule has 0 unspecified atom stereocenters. The van der Waals surface area contributed by atoms with Crippen molar-refractivity contribution in [2.75, 3.05) is 6.79 Å². The van der Waals surface area contributed by atoms with Crippen LogP contribution in [0.15, 0.2) is 18.2 Å². The van der Waals surface area contributed by atoms with E-state index < -0.39 is 11.9 Å². The van der Waals surface area contributed by atoms with Crippen LogP contribution in [0.3, 0.4) is 0 Å². The molecule has 1 aliphatic heterocycles. The molecule has 0 bridgehead atoms. The van der Waals surface area contributed by atoms with E-state index in [9.17, 15) is 4.79 Å². The van der Waals surface area contributed by atoms with Gasteiger partial charge in [0.15, 0.2) is 11.5 Å². The number of benzene rings is 1. The maximum atomic E-state index is 10.7. The molecule has 1 aromatic carbocycles. The quantitative estimate of drug-likeness (QED) is 0.729. The van der Waals surface area contributed by atoms with Crippen molar-refractivity contribution in [1.82, 2.24) is 0 Å². The minimum absolute atomic E-state index is 0.206. The van der Waals surface area contributed by atoms with Crippen molar-refractivity contribution in [2.24, 2.45) is 5.73 Å². The lowest BCUT2D eigenvalue weighted by Gasteiger charge is -1.97.